The van der Waals surface area contributed by atoms with Crippen molar-refractivity contribution in [1.82, 2.24) is 4.57 Å². The molecule has 1 aromatic heterocycles. The second-order valence-electron chi connectivity index (χ2n) is 5.27. The summed E-state index contributed by atoms with van der Waals surface area (Å²) in [5.41, 5.74) is 1.28. The second-order valence-corrected chi connectivity index (χ2v) is 6.72. The molecule has 0 fully saturated rings. The number of carbonyl (C=O) groups is 1. The number of thiazole rings is 1. The fourth-order valence-corrected chi connectivity index (χ4v) is 3.80. The zero-order valence-corrected chi connectivity index (χ0v) is 15.7. The van der Waals surface area contributed by atoms with Crippen LogP contribution in [0.25, 0.3) is 10.2 Å². The van der Waals surface area contributed by atoms with E-state index in [1.807, 2.05) is 16.7 Å². The van der Waals surface area contributed by atoms with Gasteiger partial charge in [0, 0.05) is 10.6 Å². The maximum Gasteiger partial charge on any atom is 0.279 e. The normalized spacial score (nSPS) is 11.4. The number of aromatic nitrogens is 1. The van der Waals surface area contributed by atoms with E-state index in [2.05, 4.69) is 10.9 Å². The molecule has 1 amide bonds. The number of nitrogens with zero attached hydrogens (tertiary/aromatic N) is 2. The van der Waals surface area contributed by atoms with E-state index in [4.69, 9.17) is 27.5 Å². The van der Waals surface area contributed by atoms with E-state index in [0.717, 1.165) is 10.2 Å². The van der Waals surface area contributed by atoms with Gasteiger partial charge in [-0.25, -0.2) is 0 Å². The van der Waals surface area contributed by atoms with Gasteiger partial charge in [-0.3, -0.25) is 4.79 Å². The Bertz CT molecular complexity index is 1090. The van der Waals surface area contributed by atoms with Crippen molar-refractivity contribution in [3.8, 4) is 23.8 Å². The maximum atomic E-state index is 12.6. The molecule has 3 rings (SSSR count). The lowest BCUT2D eigenvalue weighted by Crippen LogP contribution is -2.16. The minimum Gasteiger partial charge on any atom is -0.493 e. The van der Waals surface area contributed by atoms with Crippen LogP contribution in [0.15, 0.2) is 41.4 Å². The molecule has 0 aliphatic rings. The first-order valence-electron chi connectivity index (χ1n) is 7.61. The van der Waals surface area contributed by atoms with Crippen molar-refractivity contribution in [3.63, 3.8) is 0 Å². The number of hydrogen-bond acceptors (Lipinski definition) is 4. The quantitative estimate of drug-likeness (QED) is 0.642. The Morgan fingerprint density at radius 3 is 2.69 bits per heavy atom. The van der Waals surface area contributed by atoms with Crippen LogP contribution in [0.1, 0.15) is 10.4 Å². The predicted octanol–water partition coefficient (Wildman–Crippen LogP) is 3.75. The van der Waals surface area contributed by atoms with E-state index in [0.29, 0.717) is 33.4 Å². The number of terminal acetylenes is 1. The van der Waals surface area contributed by atoms with E-state index in [9.17, 15) is 4.79 Å². The number of methoxy groups -OCH3 is 2. The zero-order valence-electron chi connectivity index (χ0n) is 14.2. The van der Waals surface area contributed by atoms with Crippen LogP contribution < -0.4 is 14.3 Å². The zero-order chi connectivity index (χ0) is 18.7. The molecule has 3 aromatic rings. The van der Waals surface area contributed by atoms with Crippen LogP contribution in [0.4, 0.5) is 0 Å². The van der Waals surface area contributed by atoms with Crippen molar-refractivity contribution < 1.29 is 14.3 Å². The minimum absolute atomic E-state index is 0.305. The summed E-state index contributed by atoms with van der Waals surface area (Å²) in [4.78, 5) is 17.4. The third kappa shape index (κ3) is 3.45. The first-order chi connectivity index (χ1) is 12.6. The van der Waals surface area contributed by atoms with Gasteiger partial charge in [0.2, 0.25) is 0 Å². The Balaban J connectivity index is 2.11. The monoisotopic (exact) mass is 386 g/mol. The van der Waals surface area contributed by atoms with Gasteiger partial charge in [0.05, 0.1) is 31.0 Å². The summed E-state index contributed by atoms with van der Waals surface area (Å²) in [7, 11) is 3.05. The summed E-state index contributed by atoms with van der Waals surface area (Å²) >= 11 is 7.41. The number of carbonyl (C=O) groups excluding carboxylic acids is 1. The SMILES string of the molecule is C#CCn1c(=NC(=O)c2ccc(OC)c(OC)c2)sc2cc(Cl)ccc21. The lowest BCUT2D eigenvalue weighted by atomic mass is 10.2. The van der Waals surface area contributed by atoms with E-state index in [1.54, 1.807) is 24.3 Å². The first kappa shape index (κ1) is 18.1. The van der Waals surface area contributed by atoms with E-state index < -0.39 is 5.91 Å². The molecule has 0 saturated heterocycles. The molecule has 0 radical (unpaired) electrons. The summed E-state index contributed by atoms with van der Waals surface area (Å²) in [6.45, 7) is 0.305. The molecule has 26 heavy (non-hydrogen) atoms. The van der Waals surface area contributed by atoms with Crippen LogP contribution in [0.3, 0.4) is 0 Å². The molecular formula is C19H15ClN2O3S. The molecule has 7 heteroatoms. The third-order valence-corrected chi connectivity index (χ3v) is 5.00. The fourth-order valence-electron chi connectivity index (χ4n) is 2.50. The third-order valence-electron chi connectivity index (χ3n) is 3.72. The summed E-state index contributed by atoms with van der Waals surface area (Å²) in [5.74, 6) is 3.21. The van der Waals surface area contributed by atoms with Crippen LogP contribution in [-0.2, 0) is 6.54 Å². The number of rotatable bonds is 4. The highest BCUT2D eigenvalue weighted by Gasteiger charge is 2.12. The highest BCUT2D eigenvalue weighted by Crippen LogP contribution is 2.28. The standard InChI is InChI=1S/C19H15ClN2O3S/c1-4-9-22-14-7-6-13(20)11-17(14)26-19(22)21-18(23)12-5-8-15(24-2)16(10-12)25-3/h1,5-8,10-11H,9H2,2-3H3. The van der Waals surface area contributed by atoms with Crippen LogP contribution in [-0.4, -0.2) is 24.7 Å². The topological polar surface area (TPSA) is 52.8 Å². The Morgan fingerprint density at radius 2 is 2.00 bits per heavy atom. The average molecular weight is 387 g/mol. The molecule has 0 spiro atoms. The number of halogens is 1. The molecule has 132 valence electrons. The second kappa shape index (κ2) is 7.65. The van der Waals surface area contributed by atoms with Gasteiger partial charge in [-0.1, -0.05) is 28.9 Å². The first-order valence-corrected chi connectivity index (χ1v) is 8.80. The van der Waals surface area contributed by atoms with Crippen molar-refractivity contribution in [2.45, 2.75) is 6.54 Å². The number of hydrogen-bond donors (Lipinski definition) is 0. The maximum absolute atomic E-state index is 12.6. The van der Waals surface area contributed by atoms with Crippen LogP contribution in [0.2, 0.25) is 5.02 Å². The molecule has 0 bridgehead atoms. The predicted molar refractivity (Wildman–Crippen MR) is 103 cm³/mol. The van der Waals surface area contributed by atoms with Crippen LogP contribution in [0, 0.1) is 12.3 Å². The molecule has 5 nitrogen and oxygen atoms in total. The van der Waals surface area contributed by atoms with Crippen molar-refractivity contribution in [2.75, 3.05) is 14.2 Å². The van der Waals surface area contributed by atoms with Gasteiger partial charge in [-0.2, -0.15) is 4.99 Å². The largest absolute Gasteiger partial charge is 0.493 e. The molecular weight excluding hydrogens is 372 g/mol. The van der Waals surface area contributed by atoms with Crippen molar-refractivity contribution >= 4 is 39.1 Å². The Morgan fingerprint density at radius 1 is 1.23 bits per heavy atom. The number of ether oxygens (including phenoxy) is 2. The Kier molecular flexibility index (Phi) is 5.31. The average Bonchev–Trinajstić information content (AvgIpc) is 2.97. The summed E-state index contributed by atoms with van der Waals surface area (Å²) in [6, 6.07) is 10.4. The van der Waals surface area contributed by atoms with Gasteiger partial charge in [-0.15, -0.1) is 6.42 Å². The molecule has 0 atom stereocenters. The van der Waals surface area contributed by atoms with Gasteiger partial charge < -0.3 is 14.0 Å². The van der Waals surface area contributed by atoms with Crippen molar-refractivity contribution in [1.29, 1.82) is 0 Å². The molecule has 0 unspecified atom stereocenters. The molecule has 0 N–H and O–H groups in total. The highest BCUT2D eigenvalue weighted by molar-refractivity contribution is 7.16. The molecule has 0 aliphatic heterocycles. The minimum atomic E-state index is -0.394. The van der Waals surface area contributed by atoms with Gasteiger partial charge >= 0.3 is 0 Å². The van der Waals surface area contributed by atoms with Gasteiger partial charge in [-0.05, 0) is 36.4 Å². The smallest absolute Gasteiger partial charge is 0.279 e. The van der Waals surface area contributed by atoms with Gasteiger partial charge in [0.25, 0.3) is 5.91 Å². The van der Waals surface area contributed by atoms with E-state index in [1.165, 1.54) is 25.6 Å². The summed E-state index contributed by atoms with van der Waals surface area (Å²) in [6.07, 6.45) is 5.47. The van der Waals surface area contributed by atoms with Gasteiger partial charge in [0.1, 0.15) is 0 Å². The molecule has 2 aromatic carbocycles. The lowest BCUT2D eigenvalue weighted by Gasteiger charge is -2.07. The number of amides is 1. The summed E-state index contributed by atoms with van der Waals surface area (Å²) in [5, 5.41) is 0.615. The molecule has 1 heterocycles. The molecule has 0 saturated carbocycles. The Labute approximate surface area is 159 Å². The number of benzene rings is 2. The van der Waals surface area contributed by atoms with E-state index in [-0.39, 0.29) is 0 Å². The number of fused-ring (bicyclic) bond motifs is 1. The van der Waals surface area contributed by atoms with E-state index >= 15 is 0 Å². The van der Waals surface area contributed by atoms with Gasteiger partial charge in [0.15, 0.2) is 16.3 Å². The van der Waals surface area contributed by atoms with Crippen LogP contribution >= 0.6 is 22.9 Å². The van der Waals surface area contributed by atoms with Crippen molar-refractivity contribution in [2.24, 2.45) is 4.99 Å². The highest BCUT2D eigenvalue weighted by atomic mass is 35.5. The van der Waals surface area contributed by atoms with Crippen molar-refractivity contribution in [3.05, 3.63) is 51.8 Å². The van der Waals surface area contributed by atoms with Crippen LogP contribution in [0.5, 0.6) is 11.5 Å². The molecule has 0 aliphatic carbocycles. The Hall–Kier alpha value is -2.75. The summed E-state index contributed by atoms with van der Waals surface area (Å²) < 4.78 is 13.1. The lowest BCUT2D eigenvalue weighted by molar-refractivity contribution is 0.0997. The fraction of sp³-hybridized carbons (Fsp3) is 0.158.